The molecule has 4 nitrogen and oxygen atoms in total. The maximum atomic E-state index is 5.88. The second kappa shape index (κ2) is 3.65. The molecule has 2 N–H and O–H groups in total. The first-order valence-corrected chi connectivity index (χ1v) is 4.53. The van der Waals surface area contributed by atoms with E-state index >= 15 is 0 Å². The molecule has 0 saturated heterocycles. The van der Waals surface area contributed by atoms with E-state index in [0.29, 0.717) is 17.2 Å². The molecule has 0 aliphatic rings. The summed E-state index contributed by atoms with van der Waals surface area (Å²) in [5.41, 5.74) is 7.23. The molecule has 0 bridgehead atoms. The first-order valence-electron chi connectivity index (χ1n) is 4.53. The minimum absolute atomic E-state index is 0.635. The summed E-state index contributed by atoms with van der Waals surface area (Å²) in [5, 5.41) is 0.791. The molecule has 1 aromatic carbocycles. The number of hydrogen-bond donors (Lipinski definition) is 1. The normalized spacial score (nSPS) is 10.3. The average molecular weight is 204 g/mol. The number of methoxy groups -OCH3 is 2. The quantitative estimate of drug-likeness (QED) is 0.810. The minimum atomic E-state index is 0.635. The minimum Gasteiger partial charge on any atom is -0.496 e. The maximum absolute atomic E-state index is 5.88. The fourth-order valence-electron chi connectivity index (χ4n) is 1.57. The lowest BCUT2D eigenvalue weighted by atomic mass is 10.1. The topological polar surface area (TPSA) is 57.4 Å². The number of hydrogen-bond acceptors (Lipinski definition) is 4. The number of rotatable bonds is 2. The number of nitrogen functional groups attached to an aromatic ring is 1. The number of nitrogens with two attached hydrogens (primary N) is 1. The second-order valence-corrected chi connectivity index (χ2v) is 3.09. The third-order valence-corrected chi connectivity index (χ3v) is 2.29. The Morgan fingerprint density at radius 2 is 1.73 bits per heavy atom. The van der Waals surface area contributed by atoms with Gasteiger partial charge in [-0.1, -0.05) is 0 Å². The van der Waals surface area contributed by atoms with Crippen LogP contribution in [0.15, 0.2) is 24.4 Å². The number of anilines is 1. The summed E-state index contributed by atoms with van der Waals surface area (Å²) in [6, 6.07) is 5.37. The number of ether oxygens (including phenoxy) is 2. The molecule has 0 spiro atoms. The van der Waals surface area contributed by atoms with Crippen LogP contribution in [0.5, 0.6) is 11.5 Å². The van der Waals surface area contributed by atoms with E-state index in [2.05, 4.69) is 4.98 Å². The van der Waals surface area contributed by atoms with Crippen molar-refractivity contribution in [3.05, 3.63) is 24.4 Å². The van der Waals surface area contributed by atoms with Gasteiger partial charge in [0.1, 0.15) is 17.0 Å². The molecule has 1 heterocycles. The number of pyridine rings is 1. The summed E-state index contributed by atoms with van der Waals surface area (Å²) in [4.78, 5) is 4.24. The molecular weight excluding hydrogens is 192 g/mol. The number of aromatic nitrogens is 1. The van der Waals surface area contributed by atoms with Crippen molar-refractivity contribution < 1.29 is 9.47 Å². The Labute approximate surface area is 87.6 Å². The van der Waals surface area contributed by atoms with E-state index in [-0.39, 0.29) is 0 Å². The highest BCUT2D eigenvalue weighted by molar-refractivity contribution is 5.98. The van der Waals surface area contributed by atoms with Crippen LogP contribution in [0.25, 0.3) is 10.9 Å². The van der Waals surface area contributed by atoms with Crippen molar-refractivity contribution in [3.63, 3.8) is 0 Å². The molecule has 0 fully saturated rings. The molecule has 1 aromatic heterocycles. The largest absolute Gasteiger partial charge is 0.496 e. The highest BCUT2D eigenvalue weighted by Gasteiger charge is 2.10. The highest BCUT2D eigenvalue weighted by atomic mass is 16.5. The van der Waals surface area contributed by atoms with Gasteiger partial charge in [0, 0.05) is 11.9 Å². The Bertz CT molecular complexity index is 497. The molecule has 2 rings (SSSR count). The SMILES string of the molecule is COc1ccc(OC)c2c(N)ccnc12. The van der Waals surface area contributed by atoms with Gasteiger partial charge in [-0.15, -0.1) is 0 Å². The average Bonchev–Trinajstić information content (AvgIpc) is 2.28. The van der Waals surface area contributed by atoms with Crippen LogP contribution in [0.1, 0.15) is 0 Å². The fraction of sp³-hybridized carbons (Fsp3) is 0.182. The standard InChI is InChI=1S/C11H12N2O2/c1-14-8-3-4-9(15-2)11-10(8)7(12)5-6-13-11/h3-6H,1-2H3,(H2,12,13). The third-order valence-electron chi connectivity index (χ3n) is 2.29. The van der Waals surface area contributed by atoms with Crippen molar-refractivity contribution in [2.75, 3.05) is 20.0 Å². The Hall–Kier alpha value is -1.97. The lowest BCUT2D eigenvalue weighted by molar-refractivity contribution is 0.410. The van der Waals surface area contributed by atoms with Gasteiger partial charge in [0.25, 0.3) is 0 Å². The number of benzene rings is 1. The molecule has 2 aromatic rings. The van der Waals surface area contributed by atoms with Crippen LogP contribution in [-0.4, -0.2) is 19.2 Å². The van der Waals surface area contributed by atoms with E-state index in [1.54, 1.807) is 26.5 Å². The molecule has 0 aliphatic heterocycles. The Balaban J connectivity index is 2.86. The molecule has 0 unspecified atom stereocenters. The van der Waals surface area contributed by atoms with Crippen molar-refractivity contribution in [3.8, 4) is 11.5 Å². The summed E-state index contributed by atoms with van der Waals surface area (Å²) < 4.78 is 10.4. The van der Waals surface area contributed by atoms with E-state index in [0.717, 1.165) is 10.9 Å². The van der Waals surface area contributed by atoms with Gasteiger partial charge in [-0.2, -0.15) is 0 Å². The molecule has 0 radical (unpaired) electrons. The predicted molar refractivity (Wildman–Crippen MR) is 59.3 cm³/mol. The summed E-state index contributed by atoms with van der Waals surface area (Å²) in [7, 11) is 3.21. The van der Waals surface area contributed by atoms with Crippen LogP contribution in [0, 0.1) is 0 Å². The monoisotopic (exact) mass is 204 g/mol. The Morgan fingerprint density at radius 1 is 1.07 bits per heavy atom. The van der Waals surface area contributed by atoms with E-state index < -0.39 is 0 Å². The van der Waals surface area contributed by atoms with Crippen LogP contribution < -0.4 is 15.2 Å². The van der Waals surface area contributed by atoms with Gasteiger partial charge in [0.2, 0.25) is 0 Å². The van der Waals surface area contributed by atoms with Gasteiger partial charge < -0.3 is 15.2 Å². The van der Waals surface area contributed by atoms with Crippen molar-refractivity contribution in [1.82, 2.24) is 4.98 Å². The fourth-order valence-corrected chi connectivity index (χ4v) is 1.57. The zero-order valence-corrected chi connectivity index (χ0v) is 8.65. The van der Waals surface area contributed by atoms with Crippen LogP contribution in [-0.2, 0) is 0 Å². The van der Waals surface area contributed by atoms with E-state index in [4.69, 9.17) is 15.2 Å². The Kier molecular flexibility index (Phi) is 2.33. The van der Waals surface area contributed by atoms with Crippen LogP contribution in [0.3, 0.4) is 0 Å². The van der Waals surface area contributed by atoms with Crippen molar-refractivity contribution in [2.24, 2.45) is 0 Å². The molecule has 0 aliphatic carbocycles. The molecule has 78 valence electrons. The van der Waals surface area contributed by atoms with Gasteiger partial charge in [-0.25, -0.2) is 0 Å². The van der Waals surface area contributed by atoms with Crippen molar-refractivity contribution >= 4 is 16.6 Å². The molecular formula is C11H12N2O2. The molecule has 0 amide bonds. The number of nitrogens with zero attached hydrogens (tertiary/aromatic N) is 1. The Morgan fingerprint density at radius 3 is 2.40 bits per heavy atom. The predicted octanol–water partition coefficient (Wildman–Crippen LogP) is 1.83. The van der Waals surface area contributed by atoms with Crippen molar-refractivity contribution in [1.29, 1.82) is 0 Å². The highest BCUT2D eigenvalue weighted by Crippen LogP contribution is 2.34. The number of fused-ring (bicyclic) bond motifs is 1. The lowest BCUT2D eigenvalue weighted by Gasteiger charge is -2.10. The summed E-state index contributed by atoms with van der Waals surface area (Å²) in [6.07, 6.45) is 1.65. The van der Waals surface area contributed by atoms with Gasteiger partial charge in [-0.05, 0) is 18.2 Å². The van der Waals surface area contributed by atoms with Gasteiger partial charge in [0.05, 0.1) is 19.6 Å². The van der Waals surface area contributed by atoms with Gasteiger partial charge >= 0.3 is 0 Å². The van der Waals surface area contributed by atoms with Crippen LogP contribution >= 0.6 is 0 Å². The van der Waals surface area contributed by atoms with Crippen molar-refractivity contribution in [2.45, 2.75) is 0 Å². The zero-order valence-electron chi connectivity index (χ0n) is 8.65. The lowest BCUT2D eigenvalue weighted by Crippen LogP contribution is -1.95. The van der Waals surface area contributed by atoms with Crippen LogP contribution in [0.2, 0.25) is 0 Å². The first kappa shape index (κ1) is 9.58. The van der Waals surface area contributed by atoms with E-state index in [1.165, 1.54) is 0 Å². The van der Waals surface area contributed by atoms with Crippen LogP contribution in [0.4, 0.5) is 5.69 Å². The summed E-state index contributed by atoms with van der Waals surface area (Å²) in [5.74, 6) is 1.40. The molecule has 15 heavy (non-hydrogen) atoms. The third kappa shape index (κ3) is 1.44. The zero-order chi connectivity index (χ0) is 10.8. The second-order valence-electron chi connectivity index (χ2n) is 3.09. The van der Waals surface area contributed by atoms with E-state index in [1.807, 2.05) is 12.1 Å². The molecule has 0 atom stereocenters. The van der Waals surface area contributed by atoms with E-state index in [9.17, 15) is 0 Å². The van der Waals surface area contributed by atoms with Gasteiger partial charge in [0.15, 0.2) is 0 Å². The smallest absolute Gasteiger partial charge is 0.145 e. The maximum Gasteiger partial charge on any atom is 0.145 e. The summed E-state index contributed by atoms with van der Waals surface area (Å²) >= 11 is 0. The molecule has 4 heteroatoms. The summed E-state index contributed by atoms with van der Waals surface area (Å²) in [6.45, 7) is 0. The van der Waals surface area contributed by atoms with Gasteiger partial charge in [-0.3, -0.25) is 4.98 Å². The first-order chi connectivity index (χ1) is 7.27. The molecule has 0 saturated carbocycles.